The van der Waals surface area contributed by atoms with E-state index in [1.165, 1.54) is 6.20 Å². The van der Waals surface area contributed by atoms with Gasteiger partial charge < -0.3 is 5.32 Å². The number of anilines is 1. The van der Waals surface area contributed by atoms with Gasteiger partial charge >= 0.3 is 6.18 Å². The molecule has 0 saturated carbocycles. The summed E-state index contributed by atoms with van der Waals surface area (Å²) in [5.41, 5.74) is -0.336. The molecule has 1 heterocycles. The van der Waals surface area contributed by atoms with Gasteiger partial charge in [-0.1, -0.05) is 23.4 Å². The summed E-state index contributed by atoms with van der Waals surface area (Å²) in [5, 5.41) is 20.2. The Morgan fingerprint density at radius 2 is 1.84 bits per heavy atom. The monoisotopic (exact) mass is 380 g/mol. The van der Waals surface area contributed by atoms with Crippen LogP contribution in [0.4, 0.5) is 18.9 Å². The van der Waals surface area contributed by atoms with E-state index in [2.05, 4.69) is 10.3 Å². The van der Waals surface area contributed by atoms with Crippen LogP contribution in [-0.2, 0) is 6.18 Å². The molecular formula is C16H8ClF3N4S. The second-order valence-electron chi connectivity index (χ2n) is 4.56. The highest BCUT2D eigenvalue weighted by molar-refractivity contribution is 7.99. The summed E-state index contributed by atoms with van der Waals surface area (Å²) in [6, 6.07) is 11.0. The lowest BCUT2D eigenvalue weighted by atomic mass is 10.3. The first-order valence-corrected chi connectivity index (χ1v) is 7.80. The number of rotatable bonds is 4. The Kier molecular flexibility index (Phi) is 5.92. The maximum atomic E-state index is 12.6. The minimum Gasteiger partial charge on any atom is -0.360 e. The van der Waals surface area contributed by atoms with E-state index in [1.807, 2.05) is 0 Å². The van der Waals surface area contributed by atoms with E-state index in [0.717, 1.165) is 24.0 Å². The summed E-state index contributed by atoms with van der Waals surface area (Å²) in [4.78, 5) is 4.47. The van der Waals surface area contributed by atoms with Crippen molar-refractivity contribution in [2.75, 3.05) is 5.32 Å². The van der Waals surface area contributed by atoms with E-state index in [9.17, 15) is 13.2 Å². The first-order chi connectivity index (χ1) is 11.8. The second kappa shape index (κ2) is 7.93. The van der Waals surface area contributed by atoms with Crippen LogP contribution in [0.15, 0.2) is 58.2 Å². The highest BCUT2D eigenvalue weighted by atomic mass is 35.5. The van der Waals surface area contributed by atoms with Crippen molar-refractivity contribution < 1.29 is 13.2 Å². The lowest BCUT2D eigenvalue weighted by Gasteiger charge is -2.09. The Labute approximate surface area is 150 Å². The summed E-state index contributed by atoms with van der Waals surface area (Å²) in [5.74, 6) is 0. The molecular weight excluding hydrogens is 373 g/mol. The van der Waals surface area contributed by atoms with Crippen LogP contribution in [-0.4, -0.2) is 4.98 Å². The van der Waals surface area contributed by atoms with Gasteiger partial charge in [-0.2, -0.15) is 23.7 Å². The average molecular weight is 381 g/mol. The van der Waals surface area contributed by atoms with Gasteiger partial charge in [-0.05, 0) is 30.3 Å². The topological polar surface area (TPSA) is 72.5 Å². The van der Waals surface area contributed by atoms with Crippen molar-refractivity contribution in [1.82, 2.24) is 4.98 Å². The van der Waals surface area contributed by atoms with E-state index < -0.39 is 11.7 Å². The summed E-state index contributed by atoms with van der Waals surface area (Å²) in [6.07, 6.45) is -2.48. The number of halogens is 4. The molecule has 0 amide bonds. The van der Waals surface area contributed by atoms with Gasteiger partial charge in [0.1, 0.15) is 22.7 Å². The van der Waals surface area contributed by atoms with Gasteiger partial charge in [-0.3, -0.25) is 0 Å². The molecule has 9 heteroatoms. The van der Waals surface area contributed by atoms with E-state index in [0.29, 0.717) is 10.6 Å². The maximum absolute atomic E-state index is 12.6. The van der Waals surface area contributed by atoms with Crippen LogP contribution in [0, 0.1) is 22.7 Å². The van der Waals surface area contributed by atoms with Gasteiger partial charge in [-0.15, -0.1) is 0 Å². The predicted octanol–water partition coefficient (Wildman–Crippen LogP) is 5.25. The first kappa shape index (κ1) is 18.7. The van der Waals surface area contributed by atoms with E-state index in [4.69, 9.17) is 22.1 Å². The molecule has 1 aromatic carbocycles. The first-order valence-electron chi connectivity index (χ1n) is 6.61. The Bertz CT molecular complexity index is 864. The number of nitriles is 2. The van der Waals surface area contributed by atoms with E-state index in [-0.39, 0.29) is 15.6 Å². The van der Waals surface area contributed by atoms with Crippen molar-refractivity contribution in [3.8, 4) is 12.1 Å². The minimum atomic E-state index is -4.49. The fraction of sp³-hybridized carbons (Fsp3) is 0.0625. The summed E-state index contributed by atoms with van der Waals surface area (Å²) < 4.78 is 37.8. The molecule has 0 atom stereocenters. The van der Waals surface area contributed by atoms with Crippen LogP contribution in [0.3, 0.4) is 0 Å². The number of pyridine rings is 1. The molecule has 0 aliphatic carbocycles. The van der Waals surface area contributed by atoms with Gasteiger partial charge in [0.2, 0.25) is 0 Å². The molecule has 1 N–H and O–H groups in total. The van der Waals surface area contributed by atoms with Crippen LogP contribution in [0.2, 0.25) is 5.02 Å². The number of hydrogen-bond acceptors (Lipinski definition) is 5. The van der Waals surface area contributed by atoms with Crippen molar-refractivity contribution in [3.05, 3.63) is 58.9 Å². The van der Waals surface area contributed by atoms with Crippen molar-refractivity contribution >= 4 is 29.1 Å². The summed E-state index contributed by atoms with van der Waals surface area (Å²) in [7, 11) is 0. The Morgan fingerprint density at radius 1 is 1.20 bits per heavy atom. The summed E-state index contributed by atoms with van der Waals surface area (Å²) >= 11 is 6.99. The van der Waals surface area contributed by atoms with Crippen LogP contribution in [0.5, 0.6) is 0 Å². The molecule has 25 heavy (non-hydrogen) atoms. The van der Waals surface area contributed by atoms with Crippen molar-refractivity contribution in [2.24, 2.45) is 0 Å². The molecule has 2 aromatic rings. The summed E-state index contributed by atoms with van der Waals surface area (Å²) in [6.45, 7) is 0. The Hall–Kier alpha value is -2.68. The van der Waals surface area contributed by atoms with Gasteiger partial charge in [0.15, 0.2) is 0 Å². The molecule has 2 rings (SSSR count). The smallest absolute Gasteiger partial charge is 0.360 e. The standard InChI is InChI=1S/C16H8ClF3N4S/c17-14-5-11(16(18,19)20)9-24-15(14)25-13-3-1-12(2-4-13)23-8-10(6-21)7-22/h1-5,8-9,23H. The van der Waals surface area contributed by atoms with Gasteiger partial charge in [0.25, 0.3) is 0 Å². The molecule has 4 nitrogen and oxygen atoms in total. The zero-order valence-electron chi connectivity index (χ0n) is 12.3. The van der Waals surface area contributed by atoms with Crippen molar-refractivity contribution in [2.45, 2.75) is 16.1 Å². The zero-order valence-corrected chi connectivity index (χ0v) is 13.9. The maximum Gasteiger partial charge on any atom is 0.417 e. The highest BCUT2D eigenvalue weighted by Gasteiger charge is 2.31. The van der Waals surface area contributed by atoms with Gasteiger partial charge in [0.05, 0.1) is 10.6 Å². The molecule has 0 aliphatic rings. The number of alkyl halides is 3. The van der Waals surface area contributed by atoms with E-state index in [1.54, 1.807) is 36.4 Å². The van der Waals surface area contributed by atoms with Crippen molar-refractivity contribution in [3.63, 3.8) is 0 Å². The molecule has 0 aliphatic heterocycles. The fourth-order valence-corrected chi connectivity index (χ4v) is 2.67. The van der Waals surface area contributed by atoms with Crippen LogP contribution in [0.25, 0.3) is 0 Å². The Balaban J connectivity index is 2.11. The molecule has 126 valence electrons. The molecule has 0 bridgehead atoms. The van der Waals surface area contributed by atoms with Crippen LogP contribution >= 0.6 is 23.4 Å². The van der Waals surface area contributed by atoms with Gasteiger partial charge in [0, 0.05) is 23.0 Å². The third kappa shape index (κ3) is 5.15. The zero-order chi connectivity index (χ0) is 18.4. The molecule has 1 aromatic heterocycles. The lowest BCUT2D eigenvalue weighted by molar-refractivity contribution is -0.137. The fourth-order valence-electron chi connectivity index (χ4n) is 1.63. The number of nitrogens with zero attached hydrogens (tertiary/aromatic N) is 3. The van der Waals surface area contributed by atoms with Crippen LogP contribution < -0.4 is 5.32 Å². The highest BCUT2D eigenvalue weighted by Crippen LogP contribution is 2.36. The third-order valence-electron chi connectivity index (χ3n) is 2.83. The molecule has 0 spiro atoms. The number of benzene rings is 1. The van der Waals surface area contributed by atoms with Gasteiger partial charge in [-0.25, -0.2) is 4.98 Å². The number of aromatic nitrogens is 1. The number of allylic oxidation sites excluding steroid dienone is 1. The third-order valence-corrected chi connectivity index (χ3v) is 4.25. The number of nitrogens with one attached hydrogen (secondary N) is 1. The second-order valence-corrected chi connectivity index (χ2v) is 6.03. The van der Waals surface area contributed by atoms with E-state index >= 15 is 0 Å². The molecule has 0 radical (unpaired) electrons. The predicted molar refractivity (Wildman–Crippen MR) is 87.7 cm³/mol. The van der Waals surface area contributed by atoms with Crippen molar-refractivity contribution in [1.29, 1.82) is 10.5 Å². The largest absolute Gasteiger partial charge is 0.417 e. The Morgan fingerprint density at radius 3 is 2.36 bits per heavy atom. The lowest BCUT2D eigenvalue weighted by Crippen LogP contribution is -2.05. The molecule has 0 saturated heterocycles. The molecule has 0 fully saturated rings. The van der Waals surface area contributed by atoms with Crippen LogP contribution in [0.1, 0.15) is 5.56 Å². The quantitative estimate of drug-likeness (QED) is 0.733. The minimum absolute atomic E-state index is 0.0702. The molecule has 0 unspecified atom stereocenters. The number of hydrogen-bond donors (Lipinski definition) is 1. The average Bonchev–Trinajstić information content (AvgIpc) is 2.58. The normalized spacial score (nSPS) is 10.5. The SMILES string of the molecule is N#CC(C#N)=CNc1ccc(Sc2ncc(C(F)(F)F)cc2Cl)cc1.